The second-order valence-corrected chi connectivity index (χ2v) is 10.5. The number of carbonyl (C=O) groups excluding carboxylic acids is 1. The van der Waals surface area contributed by atoms with Gasteiger partial charge in [0.25, 0.3) is 0 Å². The molecule has 0 aliphatic rings. The largest absolute Gasteiger partial charge is 0.460 e. The Morgan fingerprint density at radius 3 is 1.04 bits per heavy atom. The Labute approximate surface area is 302 Å². The van der Waals surface area contributed by atoms with E-state index in [0.29, 0.717) is 151 Å². The van der Waals surface area contributed by atoms with Gasteiger partial charge in [0.1, 0.15) is 6.61 Å². The molecule has 0 saturated carbocycles. The SMILES string of the molecule is O=C(OCCOCCOCCOCCOCCOCCOCCOCCOCCOCCOCCOCCO)c1cccc(-c2ccccc2)c1. The van der Waals surface area contributed by atoms with Crippen molar-refractivity contribution in [2.24, 2.45) is 0 Å². The molecule has 14 heteroatoms. The summed E-state index contributed by atoms with van der Waals surface area (Å²) in [7, 11) is 0. The van der Waals surface area contributed by atoms with Crippen molar-refractivity contribution < 1.29 is 66.7 Å². The number of esters is 1. The van der Waals surface area contributed by atoms with Gasteiger partial charge in [0.15, 0.2) is 0 Å². The van der Waals surface area contributed by atoms with E-state index in [2.05, 4.69) is 0 Å². The molecule has 0 atom stereocenters. The highest BCUT2D eigenvalue weighted by molar-refractivity contribution is 5.91. The van der Waals surface area contributed by atoms with Gasteiger partial charge in [0.05, 0.1) is 158 Å². The van der Waals surface area contributed by atoms with Crippen LogP contribution in [0.15, 0.2) is 54.6 Å². The predicted molar refractivity (Wildman–Crippen MR) is 188 cm³/mol. The Kier molecular flexibility index (Phi) is 30.2. The molecule has 0 spiro atoms. The standard InChI is InChI=1S/C37H58O14/c38-9-10-40-11-12-41-13-14-42-15-16-43-17-18-44-19-20-45-21-22-46-23-24-47-25-26-48-27-28-49-29-30-50-31-32-51-37(39)36-8-4-7-35(33-36)34-5-2-1-3-6-34/h1-8,33,38H,9-32H2. The fourth-order valence-electron chi connectivity index (χ4n) is 4.10. The number of carbonyl (C=O) groups is 1. The van der Waals surface area contributed by atoms with Crippen molar-refractivity contribution in [2.45, 2.75) is 0 Å². The molecule has 1 N–H and O–H groups in total. The molecular weight excluding hydrogens is 668 g/mol. The lowest BCUT2D eigenvalue weighted by Crippen LogP contribution is -2.15. The van der Waals surface area contributed by atoms with Gasteiger partial charge in [-0.15, -0.1) is 0 Å². The summed E-state index contributed by atoms with van der Waals surface area (Å²) in [6.07, 6.45) is 0. The van der Waals surface area contributed by atoms with Gasteiger partial charge in [-0.3, -0.25) is 0 Å². The first-order chi connectivity index (χ1) is 25.3. The van der Waals surface area contributed by atoms with Crippen LogP contribution in [0.25, 0.3) is 11.1 Å². The third kappa shape index (κ3) is 26.8. The average Bonchev–Trinajstić information content (AvgIpc) is 3.16. The van der Waals surface area contributed by atoms with Gasteiger partial charge < -0.3 is 61.9 Å². The molecule has 2 rings (SSSR count). The van der Waals surface area contributed by atoms with Gasteiger partial charge in [-0.1, -0.05) is 42.5 Å². The molecule has 0 fully saturated rings. The van der Waals surface area contributed by atoms with Crippen LogP contribution < -0.4 is 0 Å². The van der Waals surface area contributed by atoms with E-state index >= 15 is 0 Å². The van der Waals surface area contributed by atoms with Crippen molar-refractivity contribution in [2.75, 3.05) is 159 Å². The average molecular weight is 727 g/mol. The van der Waals surface area contributed by atoms with Crippen molar-refractivity contribution >= 4 is 5.97 Å². The number of aliphatic hydroxyl groups excluding tert-OH is 1. The molecule has 14 nitrogen and oxygen atoms in total. The molecule has 0 heterocycles. The number of aliphatic hydroxyl groups is 1. The van der Waals surface area contributed by atoms with E-state index in [1.807, 2.05) is 48.5 Å². The normalized spacial score (nSPS) is 11.3. The molecule has 0 radical (unpaired) electrons. The Balaban J connectivity index is 1.20. The Hall–Kier alpha value is -2.57. The molecule has 0 aliphatic heterocycles. The third-order valence-corrected chi connectivity index (χ3v) is 6.62. The van der Waals surface area contributed by atoms with E-state index in [0.717, 1.165) is 11.1 Å². The summed E-state index contributed by atoms with van der Waals surface area (Å²) in [5.41, 5.74) is 2.52. The minimum absolute atomic E-state index is 0.0203. The maximum Gasteiger partial charge on any atom is 0.338 e. The van der Waals surface area contributed by atoms with Gasteiger partial charge in [-0.2, -0.15) is 0 Å². The first-order valence-electron chi connectivity index (χ1n) is 17.6. The Bertz CT molecular complexity index is 1040. The maximum atomic E-state index is 12.4. The highest BCUT2D eigenvalue weighted by Crippen LogP contribution is 2.20. The number of benzene rings is 2. The van der Waals surface area contributed by atoms with Crippen LogP contribution in [0, 0.1) is 0 Å². The molecule has 51 heavy (non-hydrogen) atoms. The molecule has 0 bridgehead atoms. The molecule has 0 amide bonds. The Morgan fingerprint density at radius 1 is 0.373 bits per heavy atom. The summed E-state index contributed by atoms with van der Waals surface area (Å²) in [5.74, 6) is -0.375. The maximum absolute atomic E-state index is 12.4. The lowest BCUT2D eigenvalue weighted by Gasteiger charge is -2.09. The second kappa shape index (κ2) is 34.5. The zero-order valence-electron chi connectivity index (χ0n) is 29.9. The molecule has 0 saturated heterocycles. The summed E-state index contributed by atoms with van der Waals surface area (Å²) in [6, 6.07) is 17.3. The fraction of sp³-hybridized carbons (Fsp3) is 0.649. The van der Waals surface area contributed by atoms with Crippen LogP contribution in [-0.4, -0.2) is 170 Å². The van der Waals surface area contributed by atoms with Crippen LogP contribution in [0.4, 0.5) is 0 Å². The van der Waals surface area contributed by atoms with Crippen molar-refractivity contribution in [1.29, 1.82) is 0 Å². The highest BCUT2D eigenvalue weighted by Gasteiger charge is 2.08. The van der Waals surface area contributed by atoms with Crippen LogP contribution in [0.5, 0.6) is 0 Å². The van der Waals surface area contributed by atoms with Crippen LogP contribution >= 0.6 is 0 Å². The highest BCUT2D eigenvalue weighted by atomic mass is 16.6. The Morgan fingerprint density at radius 2 is 0.686 bits per heavy atom. The summed E-state index contributed by atoms with van der Waals surface area (Å²) in [5, 5.41) is 8.59. The number of hydrogen-bond donors (Lipinski definition) is 1. The van der Waals surface area contributed by atoms with Gasteiger partial charge in [0.2, 0.25) is 0 Å². The minimum Gasteiger partial charge on any atom is -0.460 e. The van der Waals surface area contributed by atoms with Crippen LogP contribution in [0.3, 0.4) is 0 Å². The molecule has 2 aromatic carbocycles. The van der Waals surface area contributed by atoms with Gasteiger partial charge in [0, 0.05) is 0 Å². The van der Waals surface area contributed by atoms with Crippen LogP contribution in [-0.2, 0) is 56.8 Å². The van der Waals surface area contributed by atoms with Crippen LogP contribution in [0.2, 0.25) is 0 Å². The zero-order valence-corrected chi connectivity index (χ0v) is 29.9. The van der Waals surface area contributed by atoms with Gasteiger partial charge in [-0.25, -0.2) is 4.79 Å². The first kappa shape index (κ1) is 44.6. The van der Waals surface area contributed by atoms with Crippen LogP contribution in [0.1, 0.15) is 10.4 Å². The molecule has 2 aromatic rings. The predicted octanol–water partition coefficient (Wildman–Crippen LogP) is 2.69. The van der Waals surface area contributed by atoms with E-state index in [1.54, 1.807) is 6.07 Å². The number of ether oxygens (including phenoxy) is 12. The fourth-order valence-corrected chi connectivity index (χ4v) is 4.10. The van der Waals surface area contributed by atoms with Crippen molar-refractivity contribution in [3.63, 3.8) is 0 Å². The van der Waals surface area contributed by atoms with Crippen molar-refractivity contribution in [3.05, 3.63) is 60.2 Å². The van der Waals surface area contributed by atoms with Gasteiger partial charge in [-0.05, 0) is 23.3 Å². The summed E-state index contributed by atoms with van der Waals surface area (Å²) < 4.78 is 64.9. The first-order valence-corrected chi connectivity index (χ1v) is 17.6. The molecule has 0 unspecified atom stereocenters. The summed E-state index contributed by atoms with van der Waals surface area (Å²) in [6.45, 7) is 10.4. The lowest BCUT2D eigenvalue weighted by atomic mass is 10.0. The zero-order chi connectivity index (χ0) is 36.1. The molecular formula is C37H58O14. The molecule has 290 valence electrons. The molecule has 0 aromatic heterocycles. The number of hydrogen-bond acceptors (Lipinski definition) is 14. The van der Waals surface area contributed by atoms with E-state index < -0.39 is 0 Å². The second-order valence-electron chi connectivity index (χ2n) is 10.5. The monoisotopic (exact) mass is 726 g/mol. The minimum atomic E-state index is -0.375. The van der Waals surface area contributed by atoms with Crippen molar-refractivity contribution in [3.8, 4) is 11.1 Å². The van der Waals surface area contributed by atoms with Gasteiger partial charge >= 0.3 is 5.97 Å². The van der Waals surface area contributed by atoms with E-state index in [9.17, 15) is 4.79 Å². The topological polar surface area (TPSA) is 148 Å². The van der Waals surface area contributed by atoms with E-state index in [4.69, 9.17) is 61.9 Å². The summed E-state index contributed by atoms with van der Waals surface area (Å²) >= 11 is 0. The smallest absolute Gasteiger partial charge is 0.338 e. The summed E-state index contributed by atoms with van der Waals surface area (Å²) in [4.78, 5) is 12.4. The van der Waals surface area contributed by atoms with Crippen molar-refractivity contribution in [1.82, 2.24) is 0 Å². The number of rotatable bonds is 37. The quantitative estimate of drug-likeness (QED) is 0.0804. The van der Waals surface area contributed by atoms with E-state index in [1.165, 1.54) is 0 Å². The third-order valence-electron chi connectivity index (χ3n) is 6.62. The lowest BCUT2D eigenvalue weighted by molar-refractivity contribution is -0.0283. The van der Waals surface area contributed by atoms with E-state index in [-0.39, 0.29) is 19.2 Å². The molecule has 0 aliphatic carbocycles.